The summed E-state index contributed by atoms with van der Waals surface area (Å²) in [4.78, 5) is 6.91. The van der Waals surface area contributed by atoms with Crippen molar-refractivity contribution in [2.75, 3.05) is 17.4 Å². The molecule has 0 N–H and O–H groups in total. The number of likely N-dealkylation sites (tertiary alicyclic amines) is 1. The summed E-state index contributed by atoms with van der Waals surface area (Å²) in [5.74, 6) is -0.787. The summed E-state index contributed by atoms with van der Waals surface area (Å²) >= 11 is 0. The molecule has 1 aromatic carbocycles. The zero-order valence-corrected chi connectivity index (χ0v) is 21.4. The van der Waals surface area contributed by atoms with Crippen LogP contribution < -0.4 is 4.31 Å². The number of halogens is 2. The largest absolute Gasteiger partial charge is 0.415 e. The van der Waals surface area contributed by atoms with Crippen LogP contribution in [0.25, 0.3) is 17.1 Å². The van der Waals surface area contributed by atoms with Crippen molar-refractivity contribution in [3.05, 3.63) is 66.4 Å². The van der Waals surface area contributed by atoms with Gasteiger partial charge < -0.3 is 13.7 Å². The van der Waals surface area contributed by atoms with Crippen LogP contribution in [-0.4, -0.2) is 57.3 Å². The second-order valence-corrected chi connectivity index (χ2v) is 11.5. The summed E-state index contributed by atoms with van der Waals surface area (Å²) in [6, 6.07) is 12.7. The molecule has 4 aromatic rings. The first-order valence-electron chi connectivity index (χ1n) is 12.1. The van der Waals surface area contributed by atoms with Crippen molar-refractivity contribution in [1.29, 1.82) is 0 Å². The number of anilines is 1. The number of piperidine rings is 1. The van der Waals surface area contributed by atoms with Gasteiger partial charge in [0, 0.05) is 24.0 Å². The van der Waals surface area contributed by atoms with E-state index in [4.69, 9.17) is 4.42 Å². The van der Waals surface area contributed by atoms with E-state index in [2.05, 4.69) is 33.9 Å². The molecule has 1 aliphatic rings. The van der Waals surface area contributed by atoms with Crippen molar-refractivity contribution in [3.8, 4) is 11.5 Å². The number of sulfonamides is 1. The minimum Gasteiger partial charge on any atom is -0.415 e. The van der Waals surface area contributed by atoms with E-state index in [1.165, 1.54) is 4.31 Å². The average molecular weight is 531 g/mol. The van der Waals surface area contributed by atoms with Crippen LogP contribution >= 0.6 is 0 Å². The molecule has 0 atom stereocenters. The molecule has 1 saturated heterocycles. The molecule has 0 saturated carbocycles. The molecule has 0 unspecified atom stereocenters. The average Bonchev–Trinajstić information content (AvgIpc) is 3.54. The number of fused-ring (bicyclic) bond motifs is 1. The number of nitrogens with zero attached hydrogens (tertiary/aromatic N) is 6. The third kappa shape index (κ3) is 5.21. The smallest absolute Gasteiger partial charge is 0.314 e. The minimum atomic E-state index is -3.67. The van der Waals surface area contributed by atoms with Gasteiger partial charge in [-0.1, -0.05) is 18.2 Å². The van der Waals surface area contributed by atoms with Crippen LogP contribution in [0.4, 0.5) is 14.5 Å². The molecule has 9 nitrogen and oxygen atoms in total. The van der Waals surface area contributed by atoms with Crippen LogP contribution in [-0.2, 0) is 16.6 Å². The molecule has 0 aliphatic carbocycles. The molecule has 12 heteroatoms. The number of hydrogen-bond acceptors (Lipinski definition) is 7. The Labute approximate surface area is 213 Å². The van der Waals surface area contributed by atoms with Gasteiger partial charge in [0.1, 0.15) is 5.65 Å². The van der Waals surface area contributed by atoms with Crippen molar-refractivity contribution in [2.24, 2.45) is 0 Å². The highest BCUT2D eigenvalue weighted by molar-refractivity contribution is 7.93. The Balaban J connectivity index is 1.43. The van der Waals surface area contributed by atoms with Crippen molar-refractivity contribution in [1.82, 2.24) is 24.5 Å². The maximum atomic E-state index is 13.9. The van der Waals surface area contributed by atoms with E-state index >= 15 is 0 Å². The number of alkyl halides is 2. The van der Waals surface area contributed by atoms with E-state index in [1.807, 2.05) is 18.2 Å². The quantitative estimate of drug-likeness (QED) is 0.330. The van der Waals surface area contributed by atoms with E-state index in [9.17, 15) is 17.2 Å². The molecule has 1 fully saturated rings. The van der Waals surface area contributed by atoms with Crippen LogP contribution in [0, 0.1) is 0 Å². The molecule has 3 aromatic heterocycles. The lowest BCUT2D eigenvalue weighted by Gasteiger charge is -2.36. The van der Waals surface area contributed by atoms with Crippen molar-refractivity contribution < 1.29 is 21.6 Å². The Morgan fingerprint density at radius 1 is 1.11 bits per heavy atom. The van der Waals surface area contributed by atoms with Crippen LogP contribution in [0.15, 0.2) is 59.3 Å². The summed E-state index contributed by atoms with van der Waals surface area (Å²) in [7, 11) is -3.67. The number of aromatic nitrogens is 4. The maximum Gasteiger partial charge on any atom is 0.314 e. The Bertz CT molecular complexity index is 1460. The lowest BCUT2D eigenvalue weighted by atomic mass is 10.1. The first-order chi connectivity index (χ1) is 17.7. The number of imidazole rings is 1. The molecule has 0 amide bonds. The van der Waals surface area contributed by atoms with Crippen LogP contribution in [0.1, 0.15) is 44.7 Å². The third-order valence-corrected chi connectivity index (χ3v) is 8.94. The lowest BCUT2D eigenvalue weighted by Crippen LogP contribution is -2.47. The van der Waals surface area contributed by atoms with Gasteiger partial charge in [-0.2, -0.15) is 8.78 Å². The molecular weight excluding hydrogens is 502 g/mol. The second-order valence-electron chi connectivity index (χ2n) is 9.38. The number of para-hydroxylation sites is 1. The number of hydrogen-bond donors (Lipinski definition) is 0. The van der Waals surface area contributed by atoms with Crippen molar-refractivity contribution in [2.45, 2.75) is 51.0 Å². The Kier molecular flexibility index (Phi) is 6.95. The van der Waals surface area contributed by atoms with Gasteiger partial charge in [0.05, 0.1) is 23.2 Å². The normalized spacial score (nSPS) is 15.7. The Morgan fingerprint density at radius 2 is 1.84 bits per heavy atom. The SMILES string of the molecule is CC(C)N1CCC(S(=O)(=O)N(Cc2cn3ccc(-c4nnc(C(F)F)o4)cc3n2)c2ccccc2)CC1. The van der Waals surface area contributed by atoms with Crippen molar-refractivity contribution >= 4 is 21.4 Å². The minimum absolute atomic E-state index is 0.0384. The molecule has 0 radical (unpaired) electrons. The molecule has 1 aliphatic heterocycles. The zero-order valence-electron chi connectivity index (χ0n) is 20.5. The van der Waals surface area contributed by atoms with E-state index in [1.54, 1.807) is 41.1 Å². The summed E-state index contributed by atoms with van der Waals surface area (Å²) < 4.78 is 61.6. The summed E-state index contributed by atoms with van der Waals surface area (Å²) in [6.45, 7) is 5.78. The van der Waals surface area contributed by atoms with E-state index in [0.717, 1.165) is 13.1 Å². The van der Waals surface area contributed by atoms with Gasteiger partial charge in [-0.15, -0.1) is 10.2 Å². The van der Waals surface area contributed by atoms with Gasteiger partial charge in [0.25, 0.3) is 5.89 Å². The predicted molar refractivity (Wildman–Crippen MR) is 135 cm³/mol. The lowest BCUT2D eigenvalue weighted by molar-refractivity contribution is 0.116. The second kappa shape index (κ2) is 10.2. The number of rotatable bonds is 8. The molecule has 196 valence electrons. The Morgan fingerprint density at radius 3 is 2.49 bits per heavy atom. The predicted octanol–water partition coefficient (Wildman–Crippen LogP) is 4.53. The van der Waals surface area contributed by atoms with E-state index in [0.29, 0.717) is 41.5 Å². The fourth-order valence-electron chi connectivity index (χ4n) is 4.62. The standard InChI is InChI=1S/C25H28F2N6O3S/c1-17(2)31-12-9-21(10-13-31)37(34,35)33(20-6-4-3-5-7-20)16-19-15-32-11-8-18(14-22(32)28-19)24-29-30-25(36-24)23(26)27/h3-8,11,14-15,17,21,23H,9-10,12-13,16H2,1-2H3. The zero-order chi connectivity index (χ0) is 26.2. The summed E-state index contributed by atoms with van der Waals surface area (Å²) in [5, 5.41) is 6.57. The highest BCUT2D eigenvalue weighted by Gasteiger charge is 2.36. The monoisotopic (exact) mass is 530 g/mol. The highest BCUT2D eigenvalue weighted by Crippen LogP contribution is 2.29. The van der Waals surface area contributed by atoms with Gasteiger partial charge in [0.2, 0.25) is 15.9 Å². The van der Waals surface area contributed by atoms with E-state index < -0.39 is 27.6 Å². The topological polar surface area (TPSA) is 96.8 Å². The van der Waals surface area contributed by atoms with Gasteiger partial charge >= 0.3 is 6.43 Å². The van der Waals surface area contributed by atoms with Crippen LogP contribution in [0.2, 0.25) is 0 Å². The molecule has 37 heavy (non-hydrogen) atoms. The molecule has 4 heterocycles. The van der Waals surface area contributed by atoms with Gasteiger partial charge in [-0.25, -0.2) is 13.4 Å². The number of pyridine rings is 1. The fourth-order valence-corrected chi connectivity index (χ4v) is 6.52. The maximum absolute atomic E-state index is 13.9. The van der Waals surface area contributed by atoms with Gasteiger partial charge in [0.15, 0.2) is 0 Å². The van der Waals surface area contributed by atoms with Crippen LogP contribution in [0.5, 0.6) is 0 Å². The summed E-state index contributed by atoms with van der Waals surface area (Å²) in [6.07, 6.45) is 1.74. The molecular formula is C25H28F2N6O3S. The molecule has 0 bridgehead atoms. The molecule has 0 spiro atoms. The number of benzene rings is 1. The molecule has 5 rings (SSSR count). The van der Waals surface area contributed by atoms with Gasteiger partial charge in [-0.3, -0.25) is 4.31 Å². The van der Waals surface area contributed by atoms with Gasteiger partial charge in [-0.05, 0) is 64.0 Å². The first-order valence-corrected chi connectivity index (χ1v) is 13.6. The third-order valence-electron chi connectivity index (χ3n) is 6.67. The Hall–Kier alpha value is -3.38. The van der Waals surface area contributed by atoms with E-state index in [-0.39, 0.29) is 12.4 Å². The summed E-state index contributed by atoms with van der Waals surface area (Å²) in [5.41, 5.74) is 2.06. The van der Waals surface area contributed by atoms with Crippen molar-refractivity contribution in [3.63, 3.8) is 0 Å². The fraction of sp³-hybridized carbons (Fsp3) is 0.400. The first kappa shape index (κ1) is 25.3. The van der Waals surface area contributed by atoms with Crippen LogP contribution in [0.3, 0.4) is 0 Å². The highest BCUT2D eigenvalue weighted by atomic mass is 32.2.